The average Bonchev–Trinajstić information content (AvgIpc) is 2.59. The van der Waals surface area contributed by atoms with Crippen molar-refractivity contribution in [2.75, 3.05) is 14.2 Å². The van der Waals surface area contributed by atoms with Gasteiger partial charge in [0.05, 0.1) is 25.0 Å². The zero-order valence-corrected chi connectivity index (χ0v) is 13.9. The van der Waals surface area contributed by atoms with Crippen LogP contribution in [0.1, 0.15) is 34.1 Å². The Kier molecular flexibility index (Phi) is 4.13. The summed E-state index contributed by atoms with van der Waals surface area (Å²) >= 11 is 0. The summed E-state index contributed by atoms with van der Waals surface area (Å²) in [5.41, 5.74) is -0.186. The molecule has 1 aromatic carbocycles. The maximum atomic E-state index is 13.2. The quantitative estimate of drug-likeness (QED) is 0.630. The first-order valence-corrected chi connectivity index (χ1v) is 7.91. The van der Waals surface area contributed by atoms with Crippen LogP contribution in [0.4, 0.5) is 0 Å². The second-order valence-electron chi connectivity index (χ2n) is 6.48. The molecule has 0 aliphatic heterocycles. The Morgan fingerprint density at radius 3 is 2.42 bits per heavy atom. The minimum atomic E-state index is -1.03. The Balaban J connectivity index is 2.15. The number of esters is 1. The van der Waals surface area contributed by atoms with Gasteiger partial charge in [0.1, 0.15) is 0 Å². The highest BCUT2D eigenvalue weighted by Gasteiger charge is 2.58. The minimum Gasteiger partial charge on any atom is -0.469 e. The van der Waals surface area contributed by atoms with Crippen molar-refractivity contribution < 1.29 is 23.9 Å². The molecule has 0 fully saturated rings. The van der Waals surface area contributed by atoms with Crippen LogP contribution in [0.3, 0.4) is 0 Å². The maximum absolute atomic E-state index is 13.2. The van der Waals surface area contributed by atoms with Crippen LogP contribution in [0.15, 0.2) is 36.4 Å². The fraction of sp³-hybridized carbons (Fsp3) is 0.421. The van der Waals surface area contributed by atoms with Gasteiger partial charge in [-0.1, -0.05) is 36.4 Å². The Labute approximate surface area is 140 Å². The highest BCUT2D eigenvalue weighted by Crippen LogP contribution is 2.50. The number of hydrogen-bond acceptors (Lipinski definition) is 5. The number of ketones is 2. The lowest BCUT2D eigenvalue weighted by Crippen LogP contribution is -2.56. The van der Waals surface area contributed by atoms with Crippen molar-refractivity contribution in [3.63, 3.8) is 0 Å². The van der Waals surface area contributed by atoms with Crippen LogP contribution in [0.25, 0.3) is 0 Å². The van der Waals surface area contributed by atoms with E-state index in [0.29, 0.717) is 11.1 Å². The van der Waals surface area contributed by atoms with Crippen LogP contribution >= 0.6 is 0 Å². The van der Waals surface area contributed by atoms with E-state index in [1.165, 1.54) is 14.2 Å². The van der Waals surface area contributed by atoms with Crippen molar-refractivity contribution in [2.45, 2.75) is 19.4 Å². The second-order valence-corrected chi connectivity index (χ2v) is 6.48. The molecule has 0 unspecified atom stereocenters. The van der Waals surface area contributed by atoms with Gasteiger partial charge in [-0.3, -0.25) is 14.4 Å². The monoisotopic (exact) mass is 328 g/mol. The number of methoxy groups -OCH3 is 2. The summed E-state index contributed by atoms with van der Waals surface area (Å²) in [6, 6.07) is 6.84. The molecule has 0 spiro atoms. The smallest absolute Gasteiger partial charge is 0.306 e. The largest absolute Gasteiger partial charge is 0.469 e. The van der Waals surface area contributed by atoms with E-state index < -0.39 is 29.3 Å². The van der Waals surface area contributed by atoms with Gasteiger partial charge in [0.2, 0.25) is 0 Å². The number of benzene rings is 1. The lowest BCUT2D eigenvalue weighted by molar-refractivity contribution is -0.142. The molecule has 0 bridgehead atoms. The highest BCUT2D eigenvalue weighted by molar-refractivity contribution is 6.18. The zero-order chi connectivity index (χ0) is 17.5. The van der Waals surface area contributed by atoms with E-state index in [1.807, 2.05) is 0 Å². The van der Waals surface area contributed by atoms with Crippen LogP contribution in [-0.4, -0.2) is 37.9 Å². The lowest BCUT2D eigenvalue weighted by Gasteiger charge is -2.48. The molecule has 0 saturated heterocycles. The van der Waals surface area contributed by atoms with E-state index in [9.17, 15) is 14.4 Å². The first-order valence-electron chi connectivity index (χ1n) is 7.91. The summed E-state index contributed by atoms with van der Waals surface area (Å²) in [5.74, 6) is -1.67. The van der Waals surface area contributed by atoms with E-state index in [2.05, 4.69) is 0 Å². The lowest BCUT2D eigenvalue weighted by atomic mass is 9.55. The Hall–Kier alpha value is -2.27. The molecule has 0 saturated carbocycles. The number of carbonyl (C=O) groups excluding carboxylic acids is 3. The molecule has 5 nitrogen and oxygen atoms in total. The third-order valence-corrected chi connectivity index (χ3v) is 5.29. The molecule has 126 valence electrons. The molecule has 4 atom stereocenters. The molecule has 0 aromatic heterocycles. The third-order valence-electron chi connectivity index (χ3n) is 5.29. The van der Waals surface area contributed by atoms with E-state index in [0.717, 1.165) is 0 Å². The standard InChI is InChI=1S/C19H20O5/c1-19-14(23-2)9-8-11(10-15(20)24-3)16(19)17(21)12-6-4-5-7-13(12)18(19)22/h4-9,11,14,16H,10H2,1-3H3/t11-,14-,16-,19+/m1/s1. The van der Waals surface area contributed by atoms with Gasteiger partial charge < -0.3 is 9.47 Å². The van der Waals surface area contributed by atoms with Crippen LogP contribution in [0.5, 0.6) is 0 Å². The summed E-state index contributed by atoms with van der Waals surface area (Å²) in [5, 5.41) is 0. The average molecular weight is 328 g/mol. The SMILES string of the molecule is COC(=O)C[C@H]1C=C[C@@H](OC)[C@]2(C)C(=O)c3ccccc3C(=O)[C@@H]12. The van der Waals surface area contributed by atoms with Gasteiger partial charge >= 0.3 is 5.97 Å². The topological polar surface area (TPSA) is 69.7 Å². The molecule has 2 aliphatic carbocycles. The fourth-order valence-corrected chi connectivity index (χ4v) is 4.05. The number of hydrogen-bond donors (Lipinski definition) is 0. The molecular weight excluding hydrogens is 308 g/mol. The van der Waals surface area contributed by atoms with Crippen LogP contribution in [-0.2, 0) is 14.3 Å². The van der Waals surface area contributed by atoms with Gasteiger partial charge in [0.15, 0.2) is 11.6 Å². The van der Waals surface area contributed by atoms with Crippen molar-refractivity contribution in [1.29, 1.82) is 0 Å². The fourth-order valence-electron chi connectivity index (χ4n) is 4.05. The molecular formula is C19H20O5. The summed E-state index contributed by atoms with van der Waals surface area (Å²) < 4.78 is 10.3. The maximum Gasteiger partial charge on any atom is 0.306 e. The normalized spacial score (nSPS) is 31.4. The zero-order valence-electron chi connectivity index (χ0n) is 13.9. The Bertz CT molecular complexity index is 735. The minimum absolute atomic E-state index is 0.0604. The van der Waals surface area contributed by atoms with Gasteiger partial charge in [-0.25, -0.2) is 0 Å². The van der Waals surface area contributed by atoms with Gasteiger partial charge in [-0.15, -0.1) is 0 Å². The third kappa shape index (κ3) is 2.23. The molecule has 1 aromatic rings. The number of rotatable bonds is 3. The predicted molar refractivity (Wildman–Crippen MR) is 86.8 cm³/mol. The van der Waals surface area contributed by atoms with Crippen LogP contribution < -0.4 is 0 Å². The summed E-state index contributed by atoms with van der Waals surface area (Å²) in [6.45, 7) is 1.76. The Morgan fingerprint density at radius 2 is 1.79 bits per heavy atom. The van der Waals surface area contributed by atoms with Gasteiger partial charge in [0.25, 0.3) is 0 Å². The molecule has 5 heteroatoms. The van der Waals surface area contributed by atoms with Crippen molar-refractivity contribution in [3.8, 4) is 0 Å². The van der Waals surface area contributed by atoms with Crippen LogP contribution in [0, 0.1) is 17.3 Å². The predicted octanol–water partition coefficient (Wildman–Crippen LogP) is 2.45. The first kappa shape index (κ1) is 16.6. The number of ether oxygens (including phenoxy) is 2. The highest BCUT2D eigenvalue weighted by atomic mass is 16.5. The Morgan fingerprint density at radius 1 is 1.12 bits per heavy atom. The second kappa shape index (κ2) is 5.98. The van der Waals surface area contributed by atoms with Crippen molar-refractivity contribution >= 4 is 17.5 Å². The molecule has 0 radical (unpaired) electrons. The number of allylic oxidation sites excluding steroid dienone is 1. The van der Waals surface area contributed by atoms with E-state index in [-0.39, 0.29) is 18.0 Å². The number of carbonyl (C=O) groups is 3. The molecule has 0 heterocycles. The van der Waals surface area contributed by atoms with Crippen molar-refractivity contribution in [2.24, 2.45) is 17.3 Å². The van der Waals surface area contributed by atoms with E-state index in [1.54, 1.807) is 43.3 Å². The van der Waals surface area contributed by atoms with Crippen LogP contribution in [0.2, 0.25) is 0 Å². The van der Waals surface area contributed by atoms with Crippen molar-refractivity contribution in [3.05, 3.63) is 47.5 Å². The number of Topliss-reactive ketones (excluding diaryl/α,β-unsaturated/α-hetero) is 2. The van der Waals surface area contributed by atoms with E-state index >= 15 is 0 Å². The van der Waals surface area contributed by atoms with Gasteiger partial charge in [-0.05, 0) is 12.8 Å². The van der Waals surface area contributed by atoms with Gasteiger partial charge in [0, 0.05) is 24.2 Å². The number of fused-ring (bicyclic) bond motifs is 2. The molecule has 3 rings (SSSR count). The van der Waals surface area contributed by atoms with Crippen molar-refractivity contribution in [1.82, 2.24) is 0 Å². The summed E-state index contributed by atoms with van der Waals surface area (Å²) in [6.07, 6.45) is 3.13. The molecule has 0 amide bonds. The molecule has 0 N–H and O–H groups in total. The summed E-state index contributed by atoms with van der Waals surface area (Å²) in [7, 11) is 2.84. The first-order chi connectivity index (χ1) is 11.4. The van der Waals surface area contributed by atoms with E-state index in [4.69, 9.17) is 9.47 Å². The van der Waals surface area contributed by atoms with Gasteiger partial charge in [-0.2, -0.15) is 0 Å². The molecule has 2 aliphatic rings. The molecule has 24 heavy (non-hydrogen) atoms. The summed E-state index contributed by atoms with van der Waals surface area (Å²) in [4.78, 5) is 38.1.